The molecule has 0 bridgehead atoms. The molecule has 1 unspecified atom stereocenters. The van der Waals surface area contributed by atoms with Crippen molar-refractivity contribution < 1.29 is 19.5 Å². The zero-order chi connectivity index (χ0) is 15.2. The molecular weight excluding hydrogens is 272 g/mol. The van der Waals surface area contributed by atoms with E-state index in [2.05, 4.69) is 10.3 Å². The minimum atomic E-state index is -0.993. The first kappa shape index (κ1) is 14.8. The number of nitrogens with one attached hydrogen (secondary N) is 2. The van der Waals surface area contributed by atoms with Crippen molar-refractivity contribution in [1.29, 1.82) is 0 Å². The van der Waals surface area contributed by atoms with Crippen molar-refractivity contribution in [1.82, 2.24) is 10.3 Å². The van der Waals surface area contributed by atoms with Gasteiger partial charge in [-0.3, -0.25) is 9.59 Å². The van der Waals surface area contributed by atoms with E-state index >= 15 is 0 Å². The molecule has 1 aromatic carbocycles. The van der Waals surface area contributed by atoms with E-state index in [1.54, 1.807) is 6.20 Å². The van der Waals surface area contributed by atoms with Crippen LogP contribution in [0.3, 0.4) is 0 Å². The van der Waals surface area contributed by atoms with Gasteiger partial charge in [0.15, 0.2) is 0 Å². The Morgan fingerprint density at radius 3 is 2.81 bits per heavy atom. The van der Waals surface area contributed by atoms with E-state index in [4.69, 9.17) is 5.11 Å². The summed E-state index contributed by atoms with van der Waals surface area (Å²) in [5, 5.41) is 12.1. The second-order valence-electron chi connectivity index (χ2n) is 4.78. The lowest BCUT2D eigenvalue weighted by Gasteiger charge is -2.11. The summed E-state index contributed by atoms with van der Waals surface area (Å²) in [7, 11) is 0. The van der Waals surface area contributed by atoms with Crippen molar-refractivity contribution in [3.05, 3.63) is 36.0 Å². The number of aromatic amines is 1. The molecule has 6 nitrogen and oxygen atoms in total. The van der Waals surface area contributed by atoms with Crippen LogP contribution in [0.15, 0.2) is 30.5 Å². The van der Waals surface area contributed by atoms with Gasteiger partial charge in [0.2, 0.25) is 5.91 Å². The van der Waals surface area contributed by atoms with Crippen molar-refractivity contribution in [3.8, 4) is 0 Å². The van der Waals surface area contributed by atoms with E-state index in [9.17, 15) is 14.4 Å². The number of benzene rings is 1. The Kier molecular flexibility index (Phi) is 4.71. The monoisotopic (exact) mass is 288 g/mol. The third-order valence-electron chi connectivity index (χ3n) is 3.21. The van der Waals surface area contributed by atoms with Crippen molar-refractivity contribution in [2.75, 3.05) is 0 Å². The van der Waals surface area contributed by atoms with Gasteiger partial charge in [-0.25, -0.2) is 0 Å². The molecule has 21 heavy (non-hydrogen) atoms. The van der Waals surface area contributed by atoms with Crippen LogP contribution in [-0.2, 0) is 20.8 Å². The van der Waals surface area contributed by atoms with Crippen molar-refractivity contribution in [2.45, 2.75) is 25.3 Å². The number of para-hydroxylation sites is 1. The smallest absolute Gasteiger partial charge is 0.303 e. The Morgan fingerprint density at radius 1 is 1.33 bits per heavy atom. The third kappa shape index (κ3) is 3.92. The first-order chi connectivity index (χ1) is 10.1. The highest BCUT2D eigenvalue weighted by Crippen LogP contribution is 2.18. The molecule has 0 aliphatic rings. The molecule has 3 N–H and O–H groups in total. The highest BCUT2D eigenvalue weighted by atomic mass is 16.4. The average Bonchev–Trinajstić information content (AvgIpc) is 2.86. The van der Waals surface area contributed by atoms with E-state index in [0.29, 0.717) is 6.29 Å². The maximum atomic E-state index is 11.9. The highest BCUT2D eigenvalue weighted by molar-refractivity contribution is 5.89. The standard InChI is InChI=1S/C15H16N2O4/c18-9-11(5-6-15(20)21)17-14(19)7-10-8-16-13-4-2-1-3-12(10)13/h1-4,8-9,11,16H,5-7H2,(H,17,19)(H,20,21). The summed E-state index contributed by atoms with van der Waals surface area (Å²) in [4.78, 5) is 36.3. The number of carbonyl (C=O) groups is 3. The fourth-order valence-corrected chi connectivity index (χ4v) is 2.16. The molecule has 1 atom stereocenters. The molecule has 6 heteroatoms. The summed E-state index contributed by atoms with van der Waals surface area (Å²) < 4.78 is 0. The molecular formula is C15H16N2O4. The fraction of sp³-hybridized carbons (Fsp3) is 0.267. The summed E-state index contributed by atoms with van der Waals surface area (Å²) in [6.07, 6.45) is 2.41. The molecule has 2 rings (SSSR count). The van der Waals surface area contributed by atoms with Gasteiger partial charge in [0.05, 0.1) is 12.5 Å². The number of aromatic nitrogens is 1. The van der Waals surface area contributed by atoms with Crippen LogP contribution in [0.4, 0.5) is 0 Å². The van der Waals surface area contributed by atoms with Crippen LogP contribution in [0.25, 0.3) is 10.9 Å². The van der Waals surface area contributed by atoms with E-state index in [-0.39, 0.29) is 25.2 Å². The average molecular weight is 288 g/mol. The second-order valence-corrected chi connectivity index (χ2v) is 4.78. The molecule has 0 fully saturated rings. The van der Waals surface area contributed by atoms with Crippen LogP contribution >= 0.6 is 0 Å². The summed E-state index contributed by atoms with van der Waals surface area (Å²) >= 11 is 0. The predicted molar refractivity (Wildman–Crippen MR) is 76.9 cm³/mol. The van der Waals surface area contributed by atoms with Crippen molar-refractivity contribution in [3.63, 3.8) is 0 Å². The van der Waals surface area contributed by atoms with Gasteiger partial charge in [0.1, 0.15) is 6.29 Å². The molecule has 1 aromatic heterocycles. The van der Waals surface area contributed by atoms with Gasteiger partial charge in [-0.05, 0) is 18.1 Å². The van der Waals surface area contributed by atoms with E-state index in [1.807, 2.05) is 24.3 Å². The number of carboxylic acids is 1. The lowest BCUT2D eigenvalue weighted by molar-refractivity contribution is -0.137. The van der Waals surface area contributed by atoms with Crippen LogP contribution in [0, 0.1) is 0 Å². The van der Waals surface area contributed by atoms with Crippen LogP contribution in [0.2, 0.25) is 0 Å². The number of amides is 1. The molecule has 110 valence electrons. The van der Waals surface area contributed by atoms with E-state index < -0.39 is 12.0 Å². The third-order valence-corrected chi connectivity index (χ3v) is 3.21. The SMILES string of the molecule is O=CC(CCC(=O)O)NC(=O)Cc1c[nH]c2ccccc12. The lowest BCUT2D eigenvalue weighted by Crippen LogP contribution is -2.37. The number of carboxylic acid groups (broad SMARTS) is 1. The van der Waals surface area contributed by atoms with Crippen molar-refractivity contribution >= 4 is 29.1 Å². The molecule has 0 saturated carbocycles. The number of fused-ring (bicyclic) bond motifs is 1. The number of hydrogen-bond acceptors (Lipinski definition) is 3. The molecule has 0 aliphatic heterocycles. The molecule has 1 heterocycles. The minimum Gasteiger partial charge on any atom is -0.481 e. The van der Waals surface area contributed by atoms with Gasteiger partial charge in [0.25, 0.3) is 0 Å². The van der Waals surface area contributed by atoms with Gasteiger partial charge in [-0.1, -0.05) is 18.2 Å². The Hall–Kier alpha value is -2.63. The topological polar surface area (TPSA) is 99.3 Å². The first-order valence-corrected chi connectivity index (χ1v) is 6.61. The Morgan fingerprint density at radius 2 is 2.10 bits per heavy atom. The van der Waals surface area contributed by atoms with Gasteiger partial charge >= 0.3 is 5.97 Å². The number of hydrogen-bond donors (Lipinski definition) is 3. The van der Waals surface area contributed by atoms with Gasteiger partial charge < -0.3 is 20.2 Å². The van der Waals surface area contributed by atoms with Gasteiger partial charge in [-0.2, -0.15) is 0 Å². The maximum absolute atomic E-state index is 11.9. The zero-order valence-electron chi connectivity index (χ0n) is 11.3. The van der Waals surface area contributed by atoms with Gasteiger partial charge in [-0.15, -0.1) is 0 Å². The number of aldehydes is 1. The number of rotatable bonds is 7. The fourth-order valence-electron chi connectivity index (χ4n) is 2.16. The Labute approximate surface area is 121 Å². The molecule has 0 aliphatic carbocycles. The molecule has 1 amide bonds. The number of aliphatic carboxylic acids is 1. The first-order valence-electron chi connectivity index (χ1n) is 6.61. The number of carbonyl (C=O) groups excluding carboxylic acids is 2. The maximum Gasteiger partial charge on any atom is 0.303 e. The minimum absolute atomic E-state index is 0.0957. The highest BCUT2D eigenvalue weighted by Gasteiger charge is 2.14. The van der Waals surface area contributed by atoms with Crippen LogP contribution in [0.5, 0.6) is 0 Å². The molecule has 0 spiro atoms. The second kappa shape index (κ2) is 6.69. The summed E-state index contributed by atoms with van der Waals surface area (Å²) in [6.45, 7) is 0. The summed E-state index contributed by atoms with van der Waals surface area (Å²) in [5.41, 5.74) is 1.78. The lowest BCUT2D eigenvalue weighted by atomic mass is 10.1. The summed E-state index contributed by atoms with van der Waals surface area (Å²) in [6, 6.07) is 6.85. The number of H-pyrrole nitrogens is 1. The predicted octanol–water partition coefficient (Wildman–Crippen LogP) is 1.26. The Bertz CT molecular complexity index is 662. The van der Waals surface area contributed by atoms with E-state index in [0.717, 1.165) is 16.5 Å². The molecule has 0 saturated heterocycles. The van der Waals surface area contributed by atoms with Crippen LogP contribution < -0.4 is 5.32 Å². The Balaban J connectivity index is 1.97. The van der Waals surface area contributed by atoms with Crippen LogP contribution in [0.1, 0.15) is 18.4 Å². The van der Waals surface area contributed by atoms with Gasteiger partial charge in [0, 0.05) is 23.5 Å². The molecule has 2 aromatic rings. The zero-order valence-corrected chi connectivity index (χ0v) is 11.3. The van der Waals surface area contributed by atoms with Crippen molar-refractivity contribution in [2.24, 2.45) is 0 Å². The molecule has 0 radical (unpaired) electrons. The normalized spacial score (nSPS) is 12.0. The quantitative estimate of drug-likeness (QED) is 0.668. The summed E-state index contributed by atoms with van der Waals surface area (Å²) in [5.74, 6) is -1.30. The van der Waals surface area contributed by atoms with E-state index in [1.165, 1.54) is 0 Å². The van der Waals surface area contributed by atoms with Crippen LogP contribution in [-0.4, -0.2) is 34.3 Å². The largest absolute Gasteiger partial charge is 0.481 e.